The van der Waals surface area contributed by atoms with Gasteiger partial charge in [0.05, 0.1) is 5.56 Å². The molecule has 2 aromatic carbocycles. The van der Waals surface area contributed by atoms with Crippen molar-refractivity contribution in [3.8, 4) is 5.75 Å². The van der Waals surface area contributed by atoms with Gasteiger partial charge < -0.3 is 9.08 Å². The number of benzene rings is 2. The summed E-state index contributed by atoms with van der Waals surface area (Å²) in [6.07, 6.45) is -4.31. The Morgan fingerprint density at radius 3 is 2.48 bits per heavy atom. The maximum absolute atomic E-state index is 13.1. The Kier molecular flexibility index (Phi) is 4.67. The van der Waals surface area contributed by atoms with Gasteiger partial charge >= 0.3 is 16.3 Å². The highest BCUT2D eigenvalue weighted by Crippen LogP contribution is 2.38. The number of fused-ring (bicyclic) bond motifs is 1. The average molecular weight is 399 g/mol. The molecule has 1 amide bonds. The van der Waals surface area contributed by atoms with Gasteiger partial charge in [-0.05, 0) is 49.2 Å². The first-order valence-corrected chi connectivity index (χ1v) is 9.45. The number of hydrogen-bond donors (Lipinski definition) is 0. The molecule has 1 aliphatic heterocycles. The quantitative estimate of drug-likeness (QED) is 0.737. The van der Waals surface area contributed by atoms with Crippen molar-refractivity contribution in [3.63, 3.8) is 0 Å². The highest BCUT2D eigenvalue weighted by Gasteiger charge is 2.36. The Hall–Kier alpha value is -2.55. The normalized spacial score (nSPS) is 16.9. The lowest BCUT2D eigenvalue weighted by molar-refractivity contribution is -0.138. The van der Waals surface area contributed by atoms with Crippen LogP contribution in [-0.4, -0.2) is 20.4 Å². The van der Waals surface area contributed by atoms with Crippen LogP contribution in [0.2, 0.25) is 0 Å². The fourth-order valence-corrected chi connectivity index (χ4v) is 4.18. The summed E-state index contributed by atoms with van der Waals surface area (Å²) in [6, 6.07) is 7.99. The second kappa shape index (κ2) is 6.56. The Morgan fingerprint density at radius 2 is 1.85 bits per heavy atom. The monoisotopic (exact) mass is 399 g/mol. The van der Waals surface area contributed by atoms with E-state index in [1.807, 2.05) is 6.92 Å². The third-order valence-corrected chi connectivity index (χ3v) is 5.52. The Balaban J connectivity index is 1.97. The minimum Gasteiger partial charge on any atom is -0.378 e. The summed E-state index contributed by atoms with van der Waals surface area (Å²) in [6.45, 7) is 3.24. The number of rotatable bonds is 3. The summed E-state index contributed by atoms with van der Waals surface area (Å²) in [5, 5.41) is 0. The number of alkyl halides is 3. The molecule has 9 heteroatoms. The third-order valence-electron chi connectivity index (χ3n) is 4.29. The Bertz CT molecular complexity index is 1000. The number of nitrogens with zero attached hydrogens (tertiary/aromatic N) is 1. The first-order chi connectivity index (χ1) is 12.5. The van der Waals surface area contributed by atoms with E-state index in [1.54, 1.807) is 4.90 Å². The second-order valence-electron chi connectivity index (χ2n) is 6.26. The van der Waals surface area contributed by atoms with Gasteiger partial charge in [-0.15, -0.1) is 0 Å². The predicted octanol–water partition coefficient (Wildman–Crippen LogP) is 3.77. The maximum Gasteiger partial charge on any atom is 0.420 e. The molecule has 0 aliphatic carbocycles. The van der Waals surface area contributed by atoms with Crippen molar-refractivity contribution in [2.24, 2.45) is 0 Å². The molecule has 0 saturated carbocycles. The zero-order valence-corrected chi connectivity index (χ0v) is 15.3. The van der Waals surface area contributed by atoms with Crippen LogP contribution >= 0.6 is 0 Å². The van der Waals surface area contributed by atoms with E-state index in [4.69, 9.17) is 4.18 Å². The minimum absolute atomic E-state index is 0.137. The summed E-state index contributed by atoms with van der Waals surface area (Å²) in [5.74, 6) is -0.962. The lowest BCUT2D eigenvalue weighted by Crippen LogP contribution is -2.33. The molecular weight excluding hydrogens is 383 g/mol. The van der Waals surface area contributed by atoms with Crippen molar-refractivity contribution in [2.45, 2.75) is 37.4 Å². The van der Waals surface area contributed by atoms with E-state index >= 15 is 0 Å². The van der Waals surface area contributed by atoms with Gasteiger partial charge in [-0.2, -0.15) is 21.6 Å². The number of amides is 1. The topological polar surface area (TPSA) is 63.7 Å². The van der Waals surface area contributed by atoms with Gasteiger partial charge in [0.1, 0.15) is 4.90 Å². The van der Waals surface area contributed by atoms with E-state index in [0.29, 0.717) is 17.7 Å². The van der Waals surface area contributed by atoms with Crippen LogP contribution in [0.25, 0.3) is 0 Å². The average Bonchev–Trinajstić information content (AvgIpc) is 2.88. The molecule has 3 rings (SSSR count). The molecule has 1 unspecified atom stereocenters. The molecule has 1 heterocycles. The molecule has 0 bridgehead atoms. The predicted molar refractivity (Wildman–Crippen MR) is 92.0 cm³/mol. The van der Waals surface area contributed by atoms with Crippen molar-refractivity contribution in [1.82, 2.24) is 0 Å². The molecule has 0 N–H and O–H groups in total. The van der Waals surface area contributed by atoms with Crippen molar-refractivity contribution in [1.29, 1.82) is 0 Å². The van der Waals surface area contributed by atoms with E-state index in [-0.39, 0.29) is 16.8 Å². The van der Waals surface area contributed by atoms with Gasteiger partial charge in [0.25, 0.3) is 0 Å². The van der Waals surface area contributed by atoms with Crippen LogP contribution in [-0.2, 0) is 27.5 Å². The fourth-order valence-electron chi connectivity index (χ4n) is 3.18. The smallest absolute Gasteiger partial charge is 0.378 e. The van der Waals surface area contributed by atoms with E-state index < -0.39 is 27.6 Å². The van der Waals surface area contributed by atoms with E-state index in [1.165, 1.54) is 31.2 Å². The van der Waals surface area contributed by atoms with Gasteiger partial charge in [-0.25, -0.2) is 0 Å². The van der Waals surface area contributed by atoms with Gasteiger partial charge in [-0.1, -0.05) is 12.1 Å². The Labute approximate surface area is 154 Å². The summed E-state index contributed by atoms with van der Waals surface area (Å²) < 4.78 is 69.0. The maximum atomic E-state index is 13.1. The van der Waals surface area contributed by atoms with Gasteiger partial charge in [0, 0.05) is 18.7 Å². The number of anilines is 1. The summed E-state index contributed by atoms with van der Waals surface area (Å²) in [5.41, 5.74) is 0.0298. The first-order valence-electron chi connectivity index (χ1n) is 8.04. The van der Waals surface area contributed by atoms with Gasteiger partial charge in [0.2, 0.25) is 5.91 Å². The van der Waals surface area contributed by atoms with E-state index in [0.717, 1.165) is 18.2 Å². The number of carbonyl (C=O) groups is 1. The molecule has 1 aliphatic rings. The standard InChI is InChI=1S/C18H16F3NO4S/c1-11-9-13-10-14(7-8-16(13)22(11)12(2)23)27(24,25)26-17-6-4-3-5-15(17)18(19,20)21/h3-8,10-11H,9H2,1-2H3. The van der Waals surface area contributed by atoms with Crippen LogP contribution in [0.1, 0.15) is 25.0 Å². The summed E-state index contributed by atoms with van der Waals surface area (Å²) >= 11 is 0. The van der Waals surface area contributed by atoms with Gasteiger partial charge in [-0.3, -0.25) is 4.79 Å². The molecular formula is C18H16F3NO4S. The number of para-hydroxylation sites is 1. The molecule has 1 atom stereocenters. The molecule has 5 nitrogen and oxygen atoms in total. The van der Waals surface area contributed by atoms with Crippen molar-refractivity contribution in [3.05, 3.63) is 53.6 Å². The van der Waals surface area contributed by atoms with Crippen molar-refractivity contribution < 1.29 is 30.6 Å². The zero-order valence-electron chi connectivity index (χ0n) is 14.4. The fraction of sp³-hybridized carbons (Fsp3) is 0.278. The third kappa shape index (κ3) is 3.64. The number of halogens is 3. The molecule has 144 valence electrons. The molecule has 0 radical (unpaired) electrons. The van der Waals surface area contributed by atoms with E-state index in [2.05, 4.69) is 0 Å². The van der Waals surface area contributed by atoms with Crippen LogP contribution < -0.4 is 9.08 Å². The molecule has 0 aromatic heterocycles. The highest BCUT2D eigenvalue weighted by atomic mass is 32.2. The first kappa shape index (κ1) is 19.2. The van der Waals surface area contributed by atoms with Crippen LogP contribution in [0.5, 0.6) is 5.75 Å². The SMILES string of the molecule is CC(=O)N1c2ccc(S(=O)(=O)Oc3ccccc3C(F)(F)F)cc2CC1C. The van der Waals surface area contributed by atoms with Gasteiger partial charge in [0.15, 0.2) is 5.75 Å². The molecule has 0 fully saturated rings. The highest BCUT2D eigenvalue weighted by molar-refractivity contribution is 7.87. The minimum atomic E-state index is -4.75. The van der Waals surface area contributed by atoms with Crippen LogP contribution in [0.15, 0.2) is 47.4 Å². The van der Waals surface area contributed by atoms with Crippen LogP contribution in [0.4, 0.5) is 18.9 Å². The lowest BCUT2D eigenvalue weighted by atomic mass is 10.1. The second-order valence-corrected chi connectivity index (χ2v) is 7.81. The molecule has 0 saturated heterocycles. The molecule has 27 heavy (non-hydrogen) atoms. The largest absolute Gasteiger partial charge is 0.420 e. The summed E-state index contributed by atoms with van der Waals surface area (Å²) in [4.78, 5) is 13.0. The summed E-state index contributed by atoms with van der Waals surface area (Å²) in [7, 11) is -4.48. The van der Waals surface area contributed by atoms with Crippen molar-refractivity contribution in [2.75, 3.05) is 4.90 Å². The van der Waals surface area contributed by atoms with Crippen molar-refractivity contribution >= 4 is 21.7 Å². The zero-order chi connectivity index (χ0) is 20.0. The van der Waals surface area contributed by atoms with E-state index in [9.17, 15) is 26.4 Å². The molecule has 2 aromatic rings. The van der Waals surface area contributed by atoms with Crippen LogP contribution in [0, 0.1) is 0 Å². The van der Waals surface area contributed by atoms with Crippen LogP contribution in [0.3, 0.4) is 0 Å². The Morgan fingerprint density at radius 1 is 1.19 bits per heavy atom. The molecule has 0 spiro atoms. The number of carbonyl (C=O) groups excluding carboxylic acids is 1. The lowest BCUT2D eigenvalue weighted by Gasteiger charge is -2.20. The number of hydrogen-bond acceptors (Lipinski definition) is 4.